The average molecular weight is 371 g/mol. The maximum atomic E-state index is 5.25. The first kappa shape index (κ1) is 15.9. The Morgan fingerprint density at radius 3 is 3.00 bits per heavy atom. The topological polar surface area (TPSA) is 61.2 Å². The molecule has 0 radical (unpaired) electrons. The van der Waals surface area contributed by atoms with Gasteiger partial charge in [0.2, 0.25) is 0 Å². The number of aromatic amines is 1. The molecular formula is C22H21N5O. The molecule has 2 aliphatic heterocycles. The van der Waals surface area contributed by atoms with E-state index in [0.717, 1.165) is 49.5 Å². The molecular weight excluding hydrogens is 350 g/mol. The second-order valence-corrected chi connectivity index (χ2v) is 7.91. The first-order valence-electron chi connectivity index (χ1n) is 9.71. The number of nitrogens with zero attached hydrogens (tertiary/aromatic N) is 4. The number of aromatic nitrogens is 3. The van der Waals surface area contributed by atoms with Gasteiger partial charge in [0.1, 0.15) is 17.8 Å². The Morgan fingerprint density at radius 2 is 2.07 bits per heavy atom. The second-order valence-electron chi connectivity index (χ2n) is 7.91. The highest BCUT2D eigenvalue weighted by molar-refractivity contribution is 5.91. The molecule has 3 aromatic heterocycles. The summed E-state index contributed by atoms with van der Waals surface area (Å²) in [5.41, 5.74) is 4.97. The van der Waals surface area contributed by atoms with Crippen molar-refractivity contribution in [3.8, 4) is 0 Å². The first-order valence-corrected chi connectivity index (χ1v) is 9.71. The van der Waals surface area contributed by atoms with E-state index in [1.165, 1.54) is 16.8 Å². The lowest BCUT2D eigenvalue weighted by Gasteiger charge is -2.26. The van der Waals surface area contributed by atoms with Crippen LogP contribution in [0.4, 0.5) is 11.5 Å². The van der Waals surface area contributed by atoms with Crippen LogP contribution in [0.25, 0.3) is 11.0 Å². The highest BCUT2D eigenvalue weighted by Crippen LogP contribution is 2.49. The number of likely N-dealkylation sites (tertiary alicyclic amines) is 1. The van der Waals surface area contributed by atoms with Gasteiger partial charge in [0.05, 0.1) is 17.9 Å². The molecule has 2 aliphatic rings. The van der Waals surface area contributed by atoms with Crippen molar-refractivity contribution in [1.29, 1.82) is 0 Å². The number of hydrogen-bond donors (Lipinski definition) is 1. The predicted octanol–water partition coefficient (Wildman–Crippen LogP) is 3.85. The van der Waals surface area contributed by atoms with Gasteiger partial charge >= 0.3 is 0 Å². The van der Waals surface area contributed by atoms with Crippen molar-refractivity contribution in [2.75, 3.05) is 24.5 Å². The zero-order chi connectivity index (χ0) is 18.6. The van der Waals surface area contributed by atoms with Crippen LogP contribution in [0.3, 0.4) is 0 Å². The van der Waals surface area contributed by atoms with E-state index in [4.69, 9.17) is 4.42 Å². The van der Waals surface area contributed by atoms with Crippen LogP contribution in [0.15, 0.2) is 65.9 Å². The van der Waals surface area contributed by atoms with Gasteiger partial charge in [0.25, 0.3) is 0 Å². The number of hydrogen-bond acceptors (Lipinski definition) is 5. The largest absolute Gasteiger partial charge is 0.472 e. The van der Waals surface area contributed by atoms with Crippen LogP contribution < -0.4 is 4.90 Å². The molecule has 1 N–H and O–H groups in total. The Kier molecular flexibility index (Phi) is 3.37. The molecule has 4 aromatic rings. The fourth-order valence-electron chi connectivity index (χ4n) is 4.98. The van der Waals surface area contributed by atoms with Crippen LogP contribution in [0.2, 0.25) is 0 Å². The zero-order valence-corrected chi connectivity index (χ0v) is 15.5. The second kappa shape index (κ2) is 5.94. The molecule has 6 rings (SSSR count). The van der Waals surface area contributed by atoms with Gasteiger partial charge in [-0.15, -0.1) is 0 Å². The molecule has 140 valence electrons. The standard InChI is InChI=1S/C22H21N5O/c1-2-4-19-18(3-1)22(7-9-26(13-22)11-16-6-10-28-12-16)14-27(19)21-17-5-8-23-20(17)24-15-25-21/h1-6,8,10,12,15H,7,9,11,13-14H2,(H,23,24,25)/t22-/m1/s1. The highest BCUT2D eigenvalue weighted by Gasteiger charge is 2.47. The van der Waals surface area contributed by atoms with Crippen LogP contribution in [0.1, 0.15) is 17.5 Å². The molecule has 1 atom stereocenters. The summed E-state index contributed by atoms with van der Waals surface area (Å²) in [6.45, 7) is 4.03. The van der Waals surface area contributed by atoms with E-state index in [9.17, 15) is 0 Å². The summed E-state index contributed by atoms with van der Waals surface area (Å²) in [4.78, 5) is 17.2. The minimum Gasteiger partial charge on any atom is -0.472 e. The number of rotatable bonds is 3. The summed E-state index contributed by atoms with van der Waals surface area (Å²) in [7, 11) is 0. The van der Waals surface area contributed by atoms with Crippen LogP contribution in [0.5, 0.6) is 0 Å². The van der Waals surface area contributed by atoms with E-state index >= 15 is 0 Å². The molecule has 0 bridgehead atoms. The molecule has 6 nitrogen and oxygen atoms in total. The lowest BCUT2D eigenvalue weighted by Crippen LogP contribution is -2.35. The number of para-hydroxylation sites is 1. The third kappa shape index (κ3) is 2.31. The maximum absolute atomic E-state index is 5.25. The SMILES string of the molecule is c1ccc2c(c1)N(c1ncnc3[nH]ccc13)C[C@]21CCN(Cc2ccoc2)C1. The molecule has 0 saturated carbocycles. The quantitative estimate of drug-likeness (QED) is 0.593. The van der Waals surface area contributed by atoms with E-state index in [0.29, 0.717) is 0 Å². The predicted molar refractivity (Wildman–Crippen MR) is 108 cm³/mol. The third-order valence-electron chi connectivity index (χ3n) is 6.23. The van der Waals surface area contributed by atoms with Gasteiger partial charge in [-0.3, -0.25) is 4.90 Å². The first-order chi connectivity index (χ1) is 13.8. The average Bonchev–Trinajstić information content (AvgIpc) is 3.51. The number of fused-ring (bicyclic) bond motifs is 3. The van der Waals surface area contributed by atoms with Crippen molar-refractivity contribution >= 4 is 22.5 Å². The number of H-pyrrole nitrogens is 1. The molecule has 5 heterocycles. The normalized spacial score (nSPS) is 21.8. The summed E-state index contributed by atoms with van der Waals surface area (Å²) >= 11 is 0. The lowest BCUT2D eigenvalue weighted by molar-refractivity contribution is 0.306. The van der Waals surface area contributed by atoms with E-state index in [1.807, 2.05) is 12.5 Å². The number of anilines is 2. The summed E-state index contributed by atoms with van der Waals surface area (Å²) < 4.78 is 5.25. The van der Waals surface area contributed by atoms with Crippen LogP contribution in [-0.2, 0) is 12.0 Å². The van der Waals surface area contributed by atoms with Gasteiger partial charge in [-0.1, -0.05) is 18.2 Å². The van der Waals surface area contributed by atoms with Gasteiger partial charge in [-0.05, 0) is 36.7 Å². The fourth-order valence-corrected chi connectivity index (χ4v) is 4.98. The van der Waals surface area contributed by atoms with E-state index < -0.39 is 0 Å². The molecule has 1 fully saturated rings. The Hall–Kier alpha value is -3.12. The fraction of sp³-hybridized carbons (Fsp3) is 0.273. The van der Waals surface area contributed by atoms with E-state index in [-0.39, 0.29) is 5.41 Å². The Morgan fingerprint density at radius 1 is 1.11 bits per heavy atom. The molecule has 28 heavy (non-hydrogen) atoms. The van der Waals surface area contributed by atoms with Crippen molar-refractivity contribution in [2.24, 2.45) is 0 Å². The zero-order valence-electron chi connectivity index (χ0n) is 15.5. The van der Waals surface area contributed by atoms with Gasteiger partial charge in [0.15, 0.2) is 0 Å². The minimum atomic E-state index is 0.133. The summed E-state index contributed by atoms with van der Waals surface area (Å²) in [6, 6.07) is 12.9. The van der Waals surface area contributed by atoms with E-state index in [1.54, 1.807) is 12.6 Å². The monoisotopic (exact) mass is 371 g/mol. The van der Waals surface area contributed by atoms with E-state index in [2.05, 4.69) is 61.1 Å². The molecule has 0 unspecified atom stereocenters. The van der Waals surface area contributed by atoms with Gasteiger partial charge < -0.3 is 14.3 Å². The molecule has 1 saturated heterocycles. The summed E-state index contributed by atoms with van der Waals surface area (Å²) in [5.74, 6) is 0.990. The smallest absolute Gasteiger partial charge is 0.145 e. The number of nitrogens with one attached hydrogen (secondary N) is 1. The highest BCUT2D eigenvalue weighted by atomic mass is 16.3. The molecule has 0 aliphatic carbocycles. The Balaban J connectivity index is 1.39. The van der Waals surface area contributed by atoms with Gasteiger partial charge in [-0.25, -0.2) is 9.97 Å². The van der Waals surface area contributed by atoms with Crippen molar-refractivity contribution in [3.63, 3.8) is 0 Å². The number of furan rings is 1. The minimum absolute atomic E-state index is 0.133. The van der Waals surface area contributed by atoms with Gasteiger partial charge in [-0.2, -0.15) is 0 Å². The lowest BCUT2D eigenvalue weighted by atomic mass is 9.81. The van der Waals surface area contributed by atoms with Crippen LogP contribution in [-0.4, -0.2) is 39.5 Å². The van der Waals surface area contributed by atoms with Crippen LogP contribution in [0, 0.1) is 0 Å². The molecule has 0 amide bonds. The maximum Gasteiger partial charge on any atom is 0.145 e. The number of benzene rings is 1. The third-order valence-corrected chi connectivity index (χ3v) is 6.23. The van der Waals surface area contributed by atoms with Crippen molar-refractivity contribution in [3.05, 3.63) is 72.6 Å². The molecule has 1 spiro atoms. The summed E-state index contributed by atoms with van der Waals surface area (Å²) in [6.07, 6.45) is 8.35. The molecule has 6 heteroatoms. The molecule has 1 aromatic carbocycles. The van der Waals surface area contributed by atoms with Crippen molar-refractivity contribution < 1.29 is 4.42 Å². The van der Waals surface area contributed by atoms with Gasteiger partial charge in [0, 0.05) is 42.5 Å². The van der Waals surface area contributed by atoms with Crippen LogP contribution >= 0.6 is 0 Å². The van der Waals surface area contributed by atoms with Crippen molar-refractivity contribution in [2.45, 2.75) is 18.4 Å². The Labute approximate surface area is 162 Å². The summed E-state index contributed by atoms with van der Waals surface area (Å²) in [5, 5.41) is 1.07. The van der Waals surface area contributed by atoms with Crippen molar-refractivity contribution in [1.82, 2.24) is 19.9 Å². The Bertz CT molecular complexity index is 1130.